The zero-order valence-corrected chi connectivity index (χ0v) is 23.1. The van der Waals surface area contributed by atoms with Gasteiger partial charge in [0.1, 0.15) is 11.5 Å². The molecule has 7 nitrogen and oxygen atoms in total. The number of unbranched alkanes of at least 4 members (excludes halogenated alkanes) is 4. The minimum atomic E-state index is -4.91. The second-order valence-electron chi connectivity index (χ2n) is 10.0. The molecule has 202 valence electrons. The highest BCUT2D eigenvalue weighted by Gasteiger charge is 2.34. The van der Waals surface area contributed by atoms with E-state index in [4.69, 9.17) is 9.26 Å². The van der Waals surface area contributed by atoms with Crippen LogP contribution in [-0.4, -0.2) is 27.0 Å². The Kier molecular flexibility index (Phi) is 11.9. The lowest BCUT2D eigenvalue weighted by molar-refractivity contribution is -0.143. The highest BCUT2D eigenvalue weighted by atomic mass is 31.2. The number of ether oxygens (including phenoxy) is 1. The van der Waals surface area contributed by atoms with E-state index in [2.05, 4.69) is 19.6 Å². The predicted octanol–water partition coefficient (Wildman–Crippen LogP) is 7.10. The van der Waals surface area contributed by atoms with Crippen LogP contribution < -0.4 is 4.74 Å². The summed E-state index contributed by atoms with van der Waals surface area (Å²) in [4.78, 5) is 32.0. The molecular weight excluding hydrogens is 479 g/mol. The van der Waals surface area contributed by atoms with E-state index < -0.39 is 19.9 Å². The van der Waals surface area contributed by atoms with E-state index in [1.807, 2.05) is 20.8 Å². The fourth-order valence-corrected chi connectivity index (χ4v) is 5.44. The standard InChI is InChI=1S/C28H43O7P/c1-6-8-9-10-11-13-25(35-36(31,32)33)28(30)34-26-18-21(12-7-2)17-24(29)27(26)23-16-20(5)14-15-22(23)19(3)4/h16-18,22-23,25,29H,3,6-15H2,1-2,4-5H3,(H2,31,32,33)/t22-,23+,25?/m0/s1. The summed E-state index contributed by atoms with van der Waals surface area (Å²) in [5.41, 5.74) is 3.47. The minimum absolute atomic E-state index is 0.0398. The minimum Gasteiger partial charge on any atom is -0.507 e. The van der Waals surface area contributed by atoms with E-state index in [1.165, 1.54) is 5.57 Å². The number of aromatic hydroxyl groups is 1. The summed E-state index contributed by atoms with van der Waals surface area (Å²) in [5, 5.41) is 11.1. The fourth-order valence-electron chi connectivity index (χ4n) is 4.91. The number of carbonyl (C=O) groups excluding carboxylic acids is 1. The lowest BCUT2D eigenvalue weighted by atomic mass is 9.73. The lowest BCUT2D eigenvalue weighted by Crippen LogP contribution is -2.29. The average molecular weight is 523 g/mol. The molecule has 0 saturated heterocycles. The van der Waals surface area contributed by atoms with Crippen molar-refractivity contribution in [3.05, 3.63) is 47.1 Å². The van der Waals surface area contributed by atoms with Crippen LogP contribution >= 0.6 is 7.82 Å². The van der Waals surface area contributed by atoms with Crippen LogP contribution in [0.3, 0.4) is 0 Å². The third-order valence-corrected chi connectivity index (χ3v) is 7.27. The fraction of sp³-hybridized carbons (Fsp3) is 0.607. The van der Waals surface area contributed by atoms with Crippen LogP contribution in [0.2, 0.25) is 0 Å². The molecule has 0 heterocycles. The van der Waals surface area contributed by atoms with E-state index >= 15 is 0 Å². The molecule has 1 unspecified atom stereocenters. The van der Waals surface area contributed by atoms with Crippen LogP contribution in [0.25, 0.3) is 0 Å². The molecule has 0 aliphatic heterocycles. The largest absolute Gasteiger partial charge is 0.507 e. The molecule has 0 bridgehead atoms. The van der Waals surface area contributed by atoms with Gasteiger partial charge < -0.3 is 19.6 Å². The summed E-state index contributed by atoms with van der Waals surface area (Å²) in [5.74, 6) is -0.792. The Morgan fingerprint density at radius 1 is 1.17 bits per heavy atom. The van der Waals surface area contributed by atoms with Gasteiger partial charge in [-0.2, -0.15) is 0 Å². The first-order valence-electron chi connectivity index (χ1n) is 13.1. The summed E-state index contributed by atoms with van der Waals surface area (Å²) in [6.07, 6.45) is 8.63. The quantitative estimate of drug-likeness (QED) is 0.0785. The van der Waals surface area contributed by atoms with Gasteiger partial charge in [-0.1, -0.05) is 76.2 Å². The Bertz CT molecular complexity index is 978. The molecule has 0 spiro atoms. The van der Waals surface area contributed by atoms with Crippen LogP contribution in [0.4, 0.5) is 0 Å². The van der Waals surface area contributed by atoms with E-state index in [-0.39, 0.29) is 29.8 Å². The first-order chi connectivity index (χ1) is 17.0. The van der Waals surface area contributed by atoms with E-state index in [0.29, 0.717) is 18.4 Å². The van der Waals surface area contributed by atoms with Crippen LogP contribution in [-0.2, 0) is 20.3 Å². The number of phosphoric ester groups is 1. The zero-order chi connectivity index (χ0) is 26.9. The molecule has 1 aromatic carbocycles. The van der Waals surface area contributed by atoms with Crippen molar-refractivity contribution < 1.29 is 33.5 Å². The van der Waals surface area contributed by atoms with Gasteiger partial charge in [0.25, 0.3) is 0 Å². The molecule has 1 aliphatic rings. The van der Waals surface area contributed by atoms with Crippen molar-refractivity contribution in [3.8, 4) is 11.5 Å². The van der Waals surface area contributed by atoms with Crippen molar-refractivity contribution in [1.82, 2.24) is 0 Å². The van der Waals surface area contributed by atoms with Crippen molar-refractivity contribution in [2.45, 2.75) is 104 Å². The summed E-state index contributed by atoms with van der Waals surface area (Å²) < 4.78 is 22.2. The Hall–Kier alpha value is -1.92. The topological polar surface area (TPSA) is 113 Å². The van der Waals surface area contributed by atoms with Crippen LogP contribution in [0.5, 0.6) is 11.5 Å². The molecule has 0 aromatic heterocycles. The number of rotatable bonds is 14. The second kappa shape index (κ2) is 14.1. The van der Waals surface area contributed by atoms with E-state index in [0.717, 1.165) is 56.1 Å². The smallest absolute Gasteiger partial charge is 0.470 e. The number of phosphoric acid groups is 1. The number of phenolic OH excluding ortho intramolecular Hbond substituents is 1. The van der Waals surface area contributed by atoms with Crippen molar-refractivity contribution in [1.29, 1.82) is 0 Å². The van der Waals surface area contributed by atoms with Gasteiger partial charge >= 0.3 is 13.8 Å². The molecule has 36 heavy (non-hydrogen) atoms. The number of phenols is 1. The van der Waals surface area contributed by atoms with Gasteiger partial charge in [-0.25, -0.2) is 9.36 Å². The van der Waals surface area contributed by atoms with E-state index in [1.54, 1.807) is 12.1 Å². The summed E-state index contributed by atoms with van der Waals surface area (Å²) >= 11 is 0. The van der Waals surface area contributed by atoms with Gasteiger partial charge in [0.05, 0.1) is 0 Å². The van der Waals surface area contributed by atoms with Gasteiger partial charge in [0.15, 0.2) is 6.10 Å². The first kappa shape index (κ1) is 30.3. The maximum absolute atomic E-state index is 13.2. The van der Waals surface area contributed by atoms with Crippen molar-refractivity contribution in [3.63, 3.8) is 0 Å². The normalized spacial score (nSPS) is 19.0. The van der Waals surface area contributed by atoms with Crippen molar-refractivity contribution in [2.24, 2.45) is 5.92 Å². The monoisotopic (exact) mass is 522 g/mol. The maximum atomic E-state index is 13.2. The molecule has 0 saturated carbocycles. The number of hydrogen-bond acceptors (Lipinski definition) is 5. The Morgan fingerprint density at radius 2 is 1.86 bits per heavy atom. The maximum Gasteiger partial charge on any atom is 0.470 e. The third kappa shape index (κ3) is 9.19. The van der Waals surface area contributed by atoms with Crippen LogP contribution in [0.1, 0.15) is 103 Å². The number of carbonyl (C=O) groups is 1. The van der Waals surface area contributed by atoms with Gasteiger partial charge in [0.2, 0.25) is 0 Å². The number of hydrogen-bond donors (Lipinski definition) is 3. The van der Waals surface area contributed by atoms with Gasteiger partial charge in [-0.05, 0) is 63.1 Å². The van der Waals surface area contributed by atoms with Crippen LogP contribution in [0.15, 0.2) is 35.9 Å². The highest BCUT2D eigenvalue weighted by molar-refractivity contribution is 7.46. The van der Waals surface area contributed by atoms with E-state index in [9.17, 15) is 24.3 Å². The molecule has 3 atom stereocenters. The molecule has 1 aliphatic carbocycles. The molecule has 0 fully saturated rings. The van der Waals surface area contributed by atoms with Gasteiger partial charge in [-0.3, -0.25) is 4.52 Å². The second-order valence-corrected chi connectivity index (χ2v) is 11.2. The third-order valence-electron chi connectivity index (χ3n) is 6.74. The Morgan fingerprint density at radius 3 is 2.47 bits per heavy atom. The number of allylic oxidation sites excluding steroid dienone is 3. The van der Waals surface area contributed by atoms with Crippen molar-refractivity contribution in [2.75, 3.05) is 0 Å². The Balaban J connectivity index is 2.43. The summed E-state index contributed by atoms with van der Waals surface area (Å²) in [6.45, 7) is 12.3. The van der Waals surface area contributed by atoms with Crippen molar-refractivity contribution >= 4 is 13.8 Å². The Labute approximate surface area is 215 Å². The molecule has 0 amide bonds. The molecule has 1 aromatic rings. The number of aryl methyl sites for hydroxylation is 1. The summed E-state index contributed by atoms with van der Waals surface area (Å²) in [7, 11) is -4.91. The van der Waals surface area contributed by atoms with Gasteiger partial charge in [-0.15, -0.1) is 0 Å². The average Bonchev–Trinajstić information content (AvgIpc) is 2.77. The summed E-state index contributed by atoms with van der Waals surface area (Å²) in [6, 6.07) is 3.46. The predicted molar refractivity (Wildman–Crippen MR) is 142 cm³/mol. The lowest BCUT2D eigenvalue weighted by Gasteiger charge is -2.32. The molecular formula is C28H43O7P. The highest BCUT2D eigenvalue weighted by Crippen LogP contribution is 2.47. The number of benzene rings is 1. The molecule has 3 N–H and O–H groups in total. The molecule has 2 rings (SSSR count). The SMILES string of the molecule is C=C(C)[C@@H]1CCC(C)=C[C@H]1c1c(O)cc(CCC)cc1OC(=O)C(CCCCCCC)OP(=O)(O)O. The zero-order valence-electron chi connectivity index (χ0n) is 22.2. The molecule has 8 heteroatoms. The van der Waals surface area contributed by atoms with Crippen LogP contribution in [0, 0.1) is 5.92 Å². The van der Waals surface area contributed by atoms with Gasteiger partial charge in [0, 0.05) is 11.5 Å². The number of esters is 1. The first-order valence-corrected chi connectivity index (χ1v) is 14.6. The molecule has 0 radical (unpaired) electrons.